The van der Waals surface area contributed by atoms with Crippen molar-refractivity contribution in [3.8, 4) is 78.7 Å². The SMILES string of the molecule is c1ccc(-c2cccc(-c3ncnc(-c4cc(-c5ccc(-c6ccccn6)cc5)cc(-c5ccc(-c6ccccn6)cc5)c4)n3)c2)cc1. The molecule has 0 N–H and O–H groups in total. The summed E-state index contributed by atoms with van der Waals surface area (Å²) in [7, 11) is 0. The first-order valence-electron chi connectivity index (χ1n) is 15.8. The minimum Gasteiger partial charge on any atom is -0.256 e. The molecule has 0 atom stereocenters. The van der Waals surface area contributed by atoms with Gasteiger partial charge in [0.1, 0.15) is 6.33 Å². The monoisotopic (exact) mass is 615 g/mol. The van der Waals surface area contributed by atoms with Crippen molar-refractivity contribution in [1.29, 1.82) is 0 Å². The minimum atomic E-state index is 0.614. The van der Waals surface area contributed by atoms with Crippen molar-refractivity contribution < 1.29 is 0 Å². The topological polar surface area (TPSA) is 64.5 Å². The van der Waals surface area contributed by atoms with Crippen LogP contribution in [0.3, 0.4) is 0 Å². The van der Waals surface area contributed by atoms with Gasteiger partial charge in [-0.2, -0.15) is 0 Å². The van der Waals surface area contributed by atoms with Crippen molar-refractivity contribution in [3.05, 3.63) is 176 Å². The highest BCUT2D eigenvalue weighted by molar-refractivity contribution is 5.81. The molecule has 3 aromatic heterocycles. The van der Waals surface area contributed by atoms with Gasteiger partial charge in [-0.05, 0) is 81.9 Å². The fraction of sp³-hybridized carbons (Fsp3) is 0. The first kappa shape index (κ1) is 28.9. The van der Waals surface area contributed by atoms with Gasteiger partial charge in [-0.15, -0.1) is 0 Å². The van der Waals surface area contributed by atoms with Crippen molar-refractivity contribution in [1.82, 2.24) is 24.9 Å². The molecule has 0 saturated carbocycles. The maximum atomic E-state index is 4.99. The van der Waals surface area contributed by atoms with Crippen LogP contribution in [0.25, 0.3) is 78.7 Å². The molecular weight excluding hydrogens is 587 g/mol. The summed E-state index contributed by atoms with van der Waals surface area (Å²) < 4.78 is 0. The minimum absolute atomic E-state index is 0.614. The van der Waals surface area contributed by atoms with Gasteiger partial charge in [-0.25, -0.2) is 15.0 Å². The average Bonchev–Trinajstić information content (AvgIpc) is 3.19. The van der Waals surface area contributed by atoms with E-state index in [9.17, 15) is 0 Å². The van der Waals surface area contributed by atoms with E-state index >= 15 is 0 Å². The molecule has 0 spiro atoms. The van der Waals surface area contributed by atoms with Gasteiger partial charge in [0.25, 0.3) is 0 Å². The summed E-state index contributed by atoms with van der Waals surface area (Å²) in [5, 5.41) is 0. The van der Waals surface area contributed by atoms with Crippen molar-refractivity contribution in [2.75, 3.05) is 0 Å². The molecule has 0 radical (unpaired) electrons. The van der Waals surface area contributed by atoms with E-state index in [0.29, 0.717) is 11.6 Å². The Bertz CT molecular complexity index is 2200. The molecule has 0 saturated heterocycles. The van der Waals surface area contributed by atoms with Crippen LogP contribution in [0.15, 0.2) is 176 Å². The molecule has 5 heteroatoms. The van der Waals surface area contributed by atoms with Crippen LogP contribution in [0.2, 0.25) is 0 Å². The van der Waals surface area contributed by atoms with E-state index < -0.39 is 0 Å². The zero-order chi connectivity index (χ0) is 32.1. The summed E-state index contributed by atoms with van der Waals surface area (Å²) >= 11 is 0. The molecule has 0 amide bonds. The molecule has 3 heterocycles. The lowest BCUT2D eigenvalue weighted by atomic mass is 9.94. The van der Waals surface area contributed by atoms with Crippen LogP contribution in [0.5, 0.6) is 0 Å². The smallest absolute Gasteiger partial charge is 0.163 e. The zero-order valence-corrected chi connectivity index (χ0v) is 26.0. The predicted molar refractivity (Wildman–Crippen MR) is 193 cm³/mol. The van der Waals surface area contributed by atoms with E-state index in [0.717, 1.165) is 67.0 Å². The average molecular weight is 616 g/mol. The molecular formula is C43H29N5. The fourth-order valence-corrected chi connectivity index (χ4v) is 5.87. The number of hydrogen-bond acceptors (Lipinski definition) is 5. The van der Waals surface area contributed by atoms with Crippen LogP contribution in [-0.4, -0.2) is 24.9 Å². The van der Waals surface area contributed by atoms with Gasteiger partial charge in [0.05, 0.1) is 11.4 Å². The molecule has 8 aromatic rings. The van der Waals surface area contributed by atoms with Gasteiger partial charge in [-0.3, -0.25) is 9.97 Å². The van der Waals surface area contributed by atoms with Gasteiger partial charge < -0.3 is 0 Å². The van der Waals surface area contributed by atoms with Gasteiger partial charge in [0.2, 0.25) is 0 Å². The van der Waals surface area contributed by atoms with Crippen molar-refractivity contribution in [3.63, 3.8) is 0 Å². The summed E-state index contributed by atoms with van der Waals surface area (Å²) in [6, 6.07) is 54.2. The van der Waals surface area contributed by atoms with Crippen LogP contribution in [-0.2, 0) is 0 Å². The van der Waals surface area contributed by atoms with Crippen LogP contribution in [0.4, 0.5) is 0 Å². The first-order chi connectivity index (χ1) is 23.8. The molecule has 48 heavy (non-hydrogen) atoms. The summed E-state index contributed by atoms with van der Waals surface area (Å²) in [5.74, 6) is 1.24. The summed E-state index contributed by atoms with van der Waals surface area (Å²) in [6.45, 7) is 0. The van der Waals surface area contributed by atoms with Crippen LogP contribution >= 0.6 is 0 Å². The molecule has 5 aromatic carbocycles. The molecule has 0 aliphatic heterocycles. The third-order valence-corrected chi connectivity index (χ3v) is 8.35. The second-order valence-corrected chi connectivity index (χ2v) is 11.5. The highest BCUT2D eigenvalue weighted by Crippen LogP contribution is 2.34. The predicted octanol–water partition coefficient (Wildman–Crippen LogP) is 10.3. The lowest BCUT2D eigenvalue weighted by molar-refractivity contribution is 1.07. The quantitative estimate of drug-likeness (QED) is 0.178. The Hall–Kier alpha value is -6.59. The van der Waals surface area contributed by atoms with Gasteiger partial charge >= 0.3 is 0 Å². The van der Waals surface area contributed by atoms with Crippen molar-refractivity contribution >= 4 is 0 Å². The number of hydrogen-bond donors (Lipinski definition) is 0. The highest BCUT2D eigenvalue weighted by atomic mass is 15.0. The number of pyridine rings is 2. The summed E-state index contributed by atoms with van der Waals surface area (Å²) in [5.41, 5.74) is 12.5. The first-order valence-corrected chi connectivity index (χ1v) is 15.8. The Morgan fingerprint density at radius 2 is 0.708 bits per heavy atom. The van der Waals surface area contributed by atoms with E-state index in [1.54, 1.807) is 6.33 Å². The second kappa shape index (κ2) is 13.0. The lowest BCUT2D eigenvalue weighted by Crippen LogP contribution is -1.96. The van der Waals surface area contributed by atoms with Crippen LogP contribution < -0.4 is 0 Å². The zero-order valence-electron chi connectivity index (χ0n) is 26.0. The Morgan fingerprint density at radius 1 is 0.271 bits per heavy atom. The highest BCUT2D eigenvalue weighted by Gasteiger charge is 2.13. The van der Waals surface area contributed by atoms with Gasteiger partial charge in [0, 0.05) is 34.6 Å². The Balaban J connectivity index is 1.20. The molecule has 8 rings (SSSR count). The maximum Gasteiger partial charge on any atom is 0.163 e. The second-order valence-electron chi connectivity index (χ2n) is 11.5. The number of rotatable bonds is 7. The summed E-state index contributed by atoms with van der Waals surface area (Å²) in [4.78, 5) is 23.2. The molecule has 0 bridgehead atoms. The van der Waals surface area contributed by atoms with E-state index in [1.807, 2.05) is 79.1 Å². The molecule has 0 aliphatic rings. The third-order valence-electron chi connectivity index (χ3n) is 8.35. The van der Waals surface area contributed by atoms with Gasteiger partial charge in [0.15, 0.2) is 11.6 Å². The number of benzene rings is 5. The molecule has 5 nitrogen and oxygen atoms in total. The maximum absolute atomic E-state index is 4.99. The van der Waals surface area contributed by atoms with E-state index in [-0.39, 0.29) is 0 Å². The lowest BCUT2D eigenvalue weighted by Gasteiger charge is -2.12. The summed E-state index contributed by atoms with van der Waals surface area (Å²) in [6.07, 6.45) is 5.24. The Kier molecular flexibility index (Phi) is 7.83. The van der Waals surface area contributed by atoms with Crippen molar-refractivity contribution in [2.24, 2.45) is 0 Å². The normalized spacial score (nSPS) is 10.9. The molecule has 226 valence electrons. The number of nitrogens with zero attached hydrogens (tertiary/aromatic N) is 5. The Morgan fingerprint density at radius 3 is 1.27 bits per heavy atom. The third kappa shape index (κ3) is 6.13. The molecule has 0 fully saturated rings. The molecule has 0 aliphatic carbocycles. The van der Waals surface area contributed by atoms with Crippen molar-refractivity contribution in [2.45, 2.75) is 0 Å². The van der Waals surface area contributed by atoms with Gasteiger partial charge in [-0.1, -0.05) is 109 Å². The number of aromatic nitrogens is 5. The van der Waals surface area contributed by atoms with E-state index in [4.69, 9.17) is 4.98 Å². The van der Waals surface area contributed by atoms with Crippen LogP contribution in [0.1, 0.15) is 0 Å². The largest absolute Gasteiger partial charge is 0.256 e. The Labute approximate surface area is 279 Å². The van der Waals surface area contributed by atoms with E-state index in [1.165, 1.54) is 0 Å². The molecule has 0 unspecified atom stereocenters. The van der Waals surface area contributed by atoms with Crippen LogP contribution in [0, 0.1) is 0 Å². The standard InChI is InChI=1S/C43H29N5/c1-2-9-30(10-3-1)35-11-8-12-36(25-35)42-46-29-47-43(48-42)39-27-37(31-15-19-33(20-16-31)40-13-4-6-23-44-40)26-38(28-39)32-17-21-34(22-18-32)41-14-5-7-24-45-41/h1-29H. The fourth-order valence-electron chi connectivity index (χ4n) is 5.87. The van der Waals surface area contributed by atoms with E-state index in [2.05, 4.69) is 111 Å².